The van der Waals surface area contributed by atoms with Gasteiger partial charge in [-0.25, -0.2) is 9.97 Å². The monoisotopic (exact) mass is 346 g/mol. The summed E-state index contributed by atoms with van der Waals surface area (Å²) in [7, 11) is 6.06. The molecule has 1 atom stereocenters. The summed E-state index contributed by atoms with van der Waals surface area (Å²) in [5.41, 5.74) is 1.19. The largest absolute Gasteiger partial charge is 0.363 e. The van der Waals surface area contributed by atoms with Crippen molar-refractivity contribution in [1.29, 1.82) is 0 Å². The van der Waals surface area contributed by atoms with Crippen molar-refractivity contribution in [3.05, 3.63) is 41.3 Å². The summed E-state index contributed by atoms with van der Waals surface area (Å²) in [5, 5.41) is 0.538. The molecule has 0 aromatic carbocycles. The number of aromatic nitrogens is 3. The maximum Gasteiger partial charge on any atom is 0.227 e. The molecule has 1 aliphatic rings. The number of hydrogen-bond donors (Lipinski definition) is 0. The lowest BCUT2D eigenvalue weighted by Crippen LogP contribution is -2.35. The van der Waals surface area contributed by atoms with E-state index < -0.39 is 0 Å². The maximum absolute atomic E-state index is 5.85. The molecular weight excluding hydrogens is 324 g/mol. The Morgan fingerprint density at radius 2 is 2.04 bits per heavy atom. The molecule has 0 aliphatic carbocycles. The molecule has 0 radical (unpaired) electrons. The van der Waals surface area contributed by atoms with Crippen molar-refractivity contribution in [2.45, 2.75) is 19.0 Å². The predicted octanol–water partition coefficient (Wildman–Crippen LogP) is 2.30. The van der Waals surface area contributed by atoms with Gasteiger partial charge in [-0.3, -0.25) is 4.90 Å². The molecule has 0 spiro atoms. The molecule has 2 aromatic heterocycles. The van der Waals surface area contributed by atoms with Gasteiger partial charge in [-0.2, -0.15) is 4.98 Å². The minimum Gasteiger partial charge on any atom is -0.363 e. The zero-order valence-corrected chi connectivity index (χ0v) is 15.1. The highest BCUT2D eigenvalue weighted by Gasteiger charge is 2.27. The Kier molecular flexibility index (Phi) is 5.16. The fourth-order valence-corrected chi connectivity index (χ4v) is 3.06. The summed E-state index contributed by atoms with van der Waals surface area (Å²) in [6, 6.07) is 6.22. The first-order valence-corrected chi connectivity index (χ1v) is 8.46. The van der Waals surface area contributed by atoms with Gasteiger partial charge in [0.2, 0.25) is 5.95 Å². The van der Waals surface area contributed by atoms with Crippen LogP contribution >= 0.6 is 11.6 Å². The Morgan fingerprint density at radius 3 is 2.75 bits per heavy atom. The van der Waals surface area contributed by atoms with Gasteiger partial charge in [0.1, 0.15) is 11.0 Å². The van der Waals surface area contributed by atoms with Crippen LogP contribution in [0.5, 0.6) is 0 Å². The predicted molar refractivity (Wildman–Crippen MR) is 97.7 cm³/mol. The lowest BCUT2D eigenvalue weighted by Gasteiger charge is -2.25. The minimum absolute atomic E-state index is 0.419. The zero-order chi connectivity index (χ0) is 17.1. The molecular formula is C17H23ClN6. The summed E-state index contributed by atoms with van der Waals surface area (Å²) in [5.74, 6) is 1.70. The van der Waals surface area contributed by atoms with E-state index in [2.05, 4.69) is 31.8 Å². The summed E-state index contributed by atoms with van der Waals surface area (Å²) in [6.45, 7) is 2.95. The van der Waals surface area contributed by atoms with Crippen LogP contribution in [-0.2, 0) is 6.54 Å². The third-order valence-electron chi connectivity index (χ3n) is 4.39. The van der Waals surface area contributed by atoms with E-state index in [1.54, 1.807) is 0 Å². The van der Waals surface area contributed by atoms with Crippen molar-refractivity contribution in [3.8, 4) is 0 Å². The van der Waals surface area contributed by atoms with Gasteiger partial charge in [-0.1, -0.05) is 17.7 Å². The van der Waals surface area contributed by atoms with Crippen molar-refractivity contribution >= 4 is 23.4 Å². The van der Waals surface area contributed by atoms with E-state index in [0.717, 1.165) is 37.8 Å². The number of hydrogen-bond acceptors (Lipinski definition) is 6. The first kappa shape index (κ1) is 16.9. The molecule has 0 saturated carbocycles. The van der Waals surface area contributed by atoms with Crippen LogP contribution in [0.3, 0.4) is 0 Å². The van der Waals surface area contributed by atoms with Crippen LogP contribution in [0.15, 0.2) is 30.6 Å². The Labute approximate surface area is 148 Å². The maximum atomic E-state index is 5.85. The summed E-state index contributed by atoms with van der Waals surface area (Å²) >= 11 is 5.85. The standard InChI is InChI=1S/C17H23ClN6/c1-22(2)16-6-8-19-17(21-16)23(3)14-7-9-24(12-14)11-13-4-5-15(18)20-10-13/h4-6,8,10,14H,7,9,11-12H2,1-3H3. The van der Waals surface area contributed by atoms with Gasteiger partial charge < -0.3 is 9.80 Å². The quantitative estimate of drug-likeness (QED) is 0.774. The lowest BCUT2D eigenvalue weighted by molar-refractivity contribution is 0.325. The van der Waals surface area contributed by atoms with E-state index in [0.29, 0.717) is 11.2 Å². The number of likely N-dealkylation sites (tertiary alicyclic amines) is 1. The minimum atomic E-state index is 0.419. The first-order chi connectivity index (χ1) is 11.5. The molecule has 3 rings (SSSR count). The molecule has 128 valence electrons. The Bertz CT molecular complexity index is 675. The van der Waals surface area contributed by atoms with Crippen molar-refractivity contribution < 1.29 is 0 Å². The van der Waals surface area contributed by atoms with Crippen LogP contribution < -0.4 is 9.80 Å². The molecule has 24 heavy (non-hydrogen) atoms. The fraction of sp³-hybridized carbons (Fsp3) is 0.471. The van der Waals surface area contributed by atoms with Crippen molar-refractivity contribution in [3.63, 3.8) is 0 Å². The van der Waals surface area contributed by atoms with Gasteiger partial charge >= 0.3 is 0 Å². The second-order valence-electron chi connectivity index (χ2n) is 6.39. The van der Waals surface area contributed by atoms with Crippen LogP contribution in [0.25, 0.3) is 0 Å². The second kappa shape index (κ2) is 7.32. The van der Waals surface area contributed by atoms with Crippen molar-refractivity contribution in [1.82, 2.24) is 19.9 Å². The first-order valence-electron chi connectivity index (χ1n) is 8.09. The van der Waals surface area contributed by atoms with E-state index in [-0.39, 0.29) is 0 Å². The van der Waals surface area contributed by atoms with E-state index >= 15 is 0 Å². The highest BCUT2D eigenvalue weighted by atomic mass is 35.5. The second-order valence-corrected chi connectivity index (χ2v) is 6.77. The molecule has 1 aliphatic heterocycles. The van der Waals surface area contributed by atoms with Crippen molar-refractivity contribution in [2.75, 3.05) is 44.0 Å². The van der Waals surface area contributed by atoms with Crippen LogP contribution in [0, 0.1) is 0 Å². The SMILES string of the molecule is CN(C)c1ccnc(N(C)C2CCN(Cc3ccc(Cl)nc3)C2)n1. The molecule has 3 heterocycles. The fourth-order valence-electron chi connectivity index (χ4n) is 2.95. The molecule has 6 nitrogen and oxygen atoms in total. The van der Waals surface area contributed by atoms with Gasteiger partial charge in [0.05, 0.1) is 0 Å². The molecule has 7 heteroatoms. The summed E-state index contributed by atoms with van der Waals surface area (Å²) in [6.07, 6.45) is 4.77. The van der Waals surface area contributed by atoms with Gasteiger partial charge in [0.25, 0.3) is 0 Å². The lowest BCUT2D eigenvalue weighted by atomic mass is 10.2. The summed E-state index contributed by atoms with van der Waals surface area (Å²) < 4.78 is 0. The highest BCUT2D eigenvalue weighted by Crippen LogP contribution is 2.21. The highest BCUT2D eigenvalue weighted by molar-refractivity contribution is 6.29. The summed E-state index contributed by atoms with van der Waals surface area (Å²) in [4.78, 5) is 19.8. The number of rotatable bonds is 5. The third kappa shape index (κ3) is 3.94. The zero-order valence-electron chi connectivity index (χ0n) is 14.4. The van der Waals surface area contributed by atoms with E-state index in [1.807, 2.05) is 49.6 Å². The molecule has 0 bridgehead atoms. The van der Waals surface area contributed by atoms with Crippen LogP contribution in [-0.4, -0.2) is 60.1 Å². The number of anilines is 2. The normalized spacial score (nSPS) is 17.9. The Hall–Kier alpha value is -1.92. The van der Waals surface area contributed by atoms with Gasteiger partial charge in [0.15, 0.2) is 0 Å². The number of likely N-dealkylation sites (N-methyl/N-ethyl adjacent to an activating group) is 1. The topological polar surface area (TPSA) is 48.4 Å². The number of pyridine rings is 1. The average molecular weight is 347 g/mol. The molecule has 0 amide bonds. The number of halogens is 1. The van der Waals surface area contributed by atoms with Crippen LogP contribution in [0.1, 0.15) is 12.0 Å². The average Bonchev–Trinajstić information content (AvgIpc) is 3.05. The Balaban J connectivity index is 1.62. The third-order valence-corrected chi connectivity index (χ3v) is 4.62. The van der Waals surface area contributed by atoms with E-state index in [4.69, 9.17) is 11.6 Å². The molecule has 0 N–H and O–H groups in total. The van der Waals surface area contributed by atoms with E-state index in [9.17, 15) is 0 Å². The molecule has 1 fully saturated rings. The number of nitrogens with zero attached hydrogens (tertiary/aromatic N) is 6. The Morgan fingerprint density at radius 1 is 1.21 bits per heavy atom. The van der Waals surface area contributed by atoms with Gasteiger partial charge in [0, 0.05) is 59.2 Å². The molecule has 1 saturated heterocycles. The van der Waals surface area contributed by atoms with Crippen molar-refractivity contribution in [2.24, 2.45) is 0 Å². The van der Waals surface area contributed by atoms with Gasteiger partial charge in [-0.15, -0.1) is 0 Å². The van der Waals surface area contributed by atoms with Crippen LogP contribution in [0.4, 0.5) is 11.8 Å². The smallest absolute Gasteiger partial charge is 0.227 e. The van der Waals surface area contributed by atoms with Gasteiger partial charge in [-0.05, 0) is 24.1 Å². The molecule has 1 unspecified atom stereocenters. The van der Waals surface area contributed by atoms with E-state index in [1.165, 1.54) is 5.56 Å². The van der Waals surface area contributed by atoms with Crippen LogP contribution in [0.2, 0.25) is 5.15 Å². The molecule has 2 aromatic rings.